The Bertz CT molecular complexity index is 1160. The molecular weight excluding hydrogens is 514 g/mol. The van der Waals surface area contributed by atoms with Crippen LogP contribution in [-0.2, 0) is 25.1 Å². The van der Waals surface area contributed by atoms with Gasteiger partial charge in [0, 0.05) is 30.8 Å². The van der Waals surface area contributed by atoms with Gasteiger partial charge in [-0.25, -0.2) is 8.42 Å². The van der Waals surface area contributed by atoms with Crippen LogP contribution in [0.25, 0.3) is 0 Å². The predicted molar refractivity (Wildman–Crippen MR) is 152 cm³/mol. The van der Waals surface area contributed by atoms with Crippen molar-refractivity contribution in [2.45, 2.75) is 73.9 Å². The molecule has 1 aliphatic carbocycles. The molecule has 0 aromatic heterocycles. The van der Waals surface area contributed by atoms with E-state index >= 15 is 0 Å². The predicted octanol–water partition coefficient (Wildman–Crippen LogP) is 4.16. The Morgan fingerprint density at radius 2 is 1.72 bits per heavy atom. The van der Waals surface area contributed by atoms with Crippen LogP contribution in [-0.4, -0.2) is 76.6 Å². The number of nitrogens with one attached hydrogen (secondary N) is 1. The maximum absolute atomic E-state index is 13.3. The van der Waals surface area contributed by atoms with E-state index in [1.165, 1.54) is 5.56 Å². The Balaban J connectivity index is 1.23. The molecular formula is C30H43N3O5S. The number of sulfonamides is 1. The zero-order valence-electron chi connectivity index (χ0n) is 23.5. The molecule has 0 radical (unpaired) electrons. The molecule has 0 bridgehead atoms. The second-order valence-corrected chi connectivity index (χ2v) is 12.8. The van der Waals surface area contributed by atoms with E-state index < -0.39 is 10.0 Å². The van der Waals surface area contributed by atoms with Crippen molar-refractivity contribution >= 4 is 15.9 Å². The van der Waals surface area contributed by atoms with E-state index in [4.69, 9.17) is 9.47 Å². The highest BCUT2D eigenvalue weighted by Crippen LogP contribution is 2.41. The first-order chi connectivity index (χ1) is 18.8. The summed E-state index contributed by atoms with van der Waals surface area (Å²) in [5, 5.41) is 3.15. The summed E-state index contributed by atoms with van der Waals surface area (Å²) >= 11 is 0. The Labute approximate surface area is 233 Å². The number of nitrogens with zero attached hydrogens (tertiary/aromatic N) is 2. The van der Waals surface area contributed by atoms with Crippen LogP contribution in [0.5, 0.6) is 5.75 Å². The minimum atomic E-state index is -3.61. The molecule has 1 amide bonds. The van der Waals surface area contributed by atoms with Crippen molar-refractivity contribution in [2.75, 3.05) is 41.0 Å². The Hall–Kier alpha value is -2.46. The monoisotopic (exact) mass is 557 g/mol. The largest absolute Gasteiger partial charge is 0.497 e. The lowest BCUT2D eigenvalue weighted by Crippen LogP contribution is -2.49. The lowest BCUT2D eigenvalue weighted by molar-refractivity contribution is -0.127. The molecule has 1 aliphatic heterocycles. The topological polar surface area (TPSA) is 88.2 Å². The fourth-order valence-electron chi connectivity index (χ4n) is 6.10. The SMILES string of the molecule is COc1ccc(S(=O)(=O)N2CCCCC2CCOCC(=O)NC2CCC(c3ccccc3)(N(C)C)CC2)cc1. The molecule has 8 nitrogen and oxygen atoms in total. The van der Waals surface area contributed by atoms with E-state index in [-0.39, 0.29) is 35.0 Å². The molecule has 0 spiro atoms. The average Bonchev–Trinajstić information content (AvgIpc) is 2.96. The van der Waals surface area contributed by atoms with Crippen molar-refractivity contribution in [3.05, 3.63) is 60.2 Å². The maximum Gasteiger partial charge on any atom is 0.246 e. The van der Waals surface area contributed by atoms with E-state index in [9.17, 15) is 13.2 Å². The van der Waals surface area contributed by atoms with Crippen LogP contribution in [0.2, 0.25) is 0 Å². The standard InChI is InChI=1S/C30H43N3O5S/c1-32(2)30(24-9-5-4-6-10-24)19-16-25(17-20-30)31-29(34)23-38-22-18-26-11-7-8-21-33(26)39(35,36)28-14-12-27(37-3)13-15-28/h4-6,9-10,12-15,25-26H,7-8,11,16-23H2,1-3H3,(H,31,34). The third kappa shape index (κ3) is 7.01. The van der Waals surface area contributed by atoms with Gasteiger partial charge < -0.3 is 14.8 Å². The van der Waals surface area contributed by atoms with E-state index in [0.29, 0.717) is 25.3 Å². The molecule has 1 unspecified atom stereocenters. The second-order valence-electron chi connectivity index (χ2n) is 10.9. The van der Waals surface area contributed by atoms with Gasteiger partial charge in [0.05, 0.1) is 12.0 Å². The third-order valence-electron chi connectivity index (χ3n) is 8.41. The summed E-state index contributed by atoms with van der Waals surface area (Å²) in [6.45, 7) is 0.833. The number of benzene rings is 2. The highest BCUT2D eigenvalue weighted by molar-refractivity contribution is 7.89. The minimum Gasteiger partial charge on any atom is -0.497 e. The van der Waals surface area contributed by atoms with Gasteiger partial charge in [0.1, 0.15) is 12.4 Å². The van der Waals surface area contributed by atoms with E-state index in [0.717, 1.165) is 44.9 Å². The van der Waals surface area contributed by atoms with Crippen molar-refractivity contribution < 1.29 is 22.7 Å². The Morgan fingerprint density at radius 3 is 2.36 bits per heavy atom. The highest BCUT2D eigenvalue weighted by Gasteiger charge is 2.39. The summed E-state index contributed by atoms with van der Waals surface area (Å²) < 4.78 is 39.1. The molecule has 1 atom stereocenters. The second kappa shape index (κ2) is 13.3. The zero-order valence-corrected chi connectivity index (χ0v) is 24.3. The quantitative estimate of drug-likeness (QED) is 0.418. The molecule has 2 aromatic carbocycles. The van der Waals surface area contributed by atoms with Gasteiger partial charge >= 0.3 is 0 Å². The first-order valence-corrected chi connectivity index (χ1v) is 15.5. The van der Waals surface area contributed by atoms with E-state index in [1.54, 1.807) is 35.7 Å². The number of hydrogen-bond donors (Lipinski definition) is 1. The summed E-state index contributed by atoms with van der Waals surface area (Å²) in [4.78, 5) is 15.2. The fraction of sp³-hybridized carbons (Fsp3) is 0.567. The fourth-order valence-corrected chi connectivity index (χ4v) is 7.82. The van der Waals surface area contributed by atoms with E-state index in [2.05, 4.69) is 48.6 Å². The normalized spacial score (nSPS) is 24.4. The van der Waals surface area contributed by atoms with Crippen LogP contribution in [0, 0.1) is 0 Å². The highest BCUT2D eigenvalue weighted by atomic mass is 32.2. The molecule has 1 saturated heterocycles. The number of piperidine rings is 1. The van der Waals surface area contributed by atoms with E-state index in [1.807, 2.05) is 6.07 Å². The number of amides is 1. The van der Waals surface area contributed by atoms with Crippen LogP contribution >= 0.6 is 0 Å². The number of methoxy groups -OCH3 is 1. The van der Waals surface area contributed by atoms with Gasteiger partial charge in [0.2, 0.25) is 15.9 Å². The van der Waals surface area contributed by atoms with Crippen LogP contribution in [0.3, 0.4) is 0 Å². The van der Waals surface area contributed by atoms with Crippen molar-refractivity contribution in [2.24, 2.45) is 0 Å². The molecule has 1 saturated carbocycles. The maximum atomic E-state index is 13.3. The van der Waals surface area contributed by atoms with Gasteiger partial charge in [0.25, 0.3) is 0 Å². The number of carbonyl (C=O) groups is 1. The molecule has 4 rings (SSSR count). The third-order valence-corrected chi connectivity index (χ3v) is 10.4. The number of rotatable bonds is 11. The van der Waals surface area contributed by atoms with Crippen molar-refractivity contribution in [1.29, 1.82) is 0 Å². The molecule has 1 N–H and O–H groups in total. The van der Waals surface area contributed by atoms with Crippen LogP contribution in [0.1, 0.15) is 56.9 Å². The van der Waals surface area contributed by atoms with Gasteiger partial charge in [-0.1, -0.05) is 36.8 Å². The van der Waals surface area contributed by atoms with Gasteiger partial charge in [-0.05, 0) is 88.9 Å². The Morgan fingerprint density at radius 1 is 1.03 bits per heavy atom. The van der Waals surface area contributed by atoms with Gasteiger partial charge in [0.15, 0.2) is 0 Å². The molecule has 1 heterocycles. The summed E-state index contributed by atoms with van der Waals surface area (Å²) in [5.41, 5.74) is 1.32. The first-order valence-electron chi connectivity index (χ1n) is 14.0. The summed E-state index contributed by atoms with van der Waals surface area (Å²) in [6.07, 6.45) is 6.98. The minimum absolute atomic E-state index is 0.00296. The van der Waals surface area contributed by atoms with Gasteiger partial charge in [-0.15, -0.1) is 0 Å². The van der Waals surface area contributed by atoms with Crippen LogP contribution < -0.4 is 10.1 Å². The molecule has 214 valence electrons. The summed E-state index contributed by atoms with van der Waals surface area (Å²) in [5.74, 6) is 0.515. The number of hydrogen-bond acceptors (Lipinski definition) is 6. The zero-order chi connectivity index (χ0) is 27.9. The molecule has 39 heavy (non-hydrogen) atoms. The van der Waals surface area contributed by atoms with Crippen molar-refractivity contribution in [3.63, 3.8) is 0 Å². The van der Waals surface area contributed by atoms with Crippen LogP contribution in [0.4, 0.5) is 0 Å². The Kier molecular flexibility index (Phi) is 10.0. The summed E-state index contributed by atoms with van der Waals surface area (Å²) in [7, 11) is 2.22. The van der Waals surface area contributed by atoms with Crippen molar-refractivity contribution in [1.82, 2.24) is 14.5 Å². The molecule has 2 aromatic rings. The van der Waals surface area contributed by atoms with Gasteiger partial charge in [-0.3, -0.25) is 9.69 Å². The smallest absolute Gasteiger partial charge is 0.246 e. The first kappa shape index (κ1) is 29.5. The molecule has 9 heteroatoms. The summed E-state index contributed by atoms with van der Waals surface area (Å²) in [6, 6.07) is 17.1. The molecule has 2 fully saturated rings. The van der Waals surface area contributed by atoms with Crippen molar-refractivity contribution in [3.8, 4) is 5.75 Å². The average molecular weight is 558 g/mol. The lowest BCUT2D eigenvalue weighted by Gasteiger charge is -2.45. The van der Waals surface area contributed by atoms with Gasteiger partial charge in [-0.2, -0.15) is 4.31 Å². The number of carbonyl (C=O) groups excluding carboxylic acids is 1. The number of ether oxygens (including phenoxy) is 2. The lowest BCUT2D eigenvalue weighted by atomic mass is 9.74. The molecule has 2 aliphatic rings. The van der Waals surface area contributed by atoms with Crippen LogP contribution in [0.15, 0.2) is 59.5 Å².